The van der Waals surface area contributed by atoms with Crippen LogP contribution >= 0.6 is 27.3 Å². The number of carbonyl (C=O) groups excluding carboxylic acids is 1. The molecule has 20 heavy (non-hydrogen) atoms. The molecule has 0 radical (unpaired) electrons. The highest BCUT2D eigenvalue weighted by Crippen LogP contribution is 2.32. The van der Waals surface area contributed by atoms with Gasteiger partial charge in [0, 0.05) is 27.5 Å². The fourth-order valence-corrected chi connectivity index (χ4v) is 4.08. The van der Waals surface area contributed by atoms with Crippen molar-refractivity contribution in [3.05, 3.63) is 56.2 Å². The minimum absolute atomic E-state index is 0.192. The molecule has 0 aliphatic carbocycles. The third-order valence-corrected chi connectivity index (χ3v) is 5.39. The molecule has 104 valence electrons. The number of halogens is 1. The third kappa shape index (κ3) is 2.73. The number of fused-ring (bicyclic) bond motifs is 1. The highest BCUT2D eigenvalue weighted by atomic mass is 79.9. The smallest absolute Gasteiger partial charge is 0.176 e. The highest BCUT2D eigenvalue weighted by molar-refractivity contribution is 9.10. The lowest BCUT2D eigenvalue weighted by molar-refractivity contribution is 0.0891. The summed E-state index contributed by atoms with van der Waals surface area (Å²) in [6, 6.07) is 10.2. The Morgan fingerprint density at radius 3 is 3.10 bits per heavy atom. The molecule has 2 heterocycles. The van der Waals surface area contributed by atoms with Crippen LogP contribution in [-0.4, -0.2) is 23.8 Å². The second kappa shape index (κ2) is 5.80. The quantitative estimate of drug-likeness (QED) is 0.769. The van der Waals surface area contributed by atoms with Gasteiger partial charge in [0.2, 0.25) is 0 Å². The number of hydrogen-bond donors (Lipinski definition) is 0. The van der Waals surface area contributed by atoms with Crippen LogP contribution < -0.4 is 0 Å². The Morgan fingerprint density at radius 2 is 2.30 bits per heavy atom. The maximum absolute atomic E-state index is 12.4. The van der Waals surface area contributed by atoms with E-state index >= 15 is 0 Å². The number of Topliss-reactive ketones (excluding diaryl/α,β-unsaturated/α-hetero) is 1. The predicted molar refractivity (Wildman–Crippen MR) is 86.5 cm³/mol. The van der Waals surface area contributed by atoms with E-state index in [1.54, 1.807) is 0 Å². The molecule has 1 aliphatic heterocycles. The number of hydrogen-bond acceptors (Lipinski definition) is 3. The molecule has 0 amide bonds. The number of rotatable bonds is 3. The molecule has 0 spiro atoms. The van der Waals surface area contributed by atoms with Gasteiger partial charge in [0.15, 0.2) is 5.78 Å². The molecule has 0 bridgehead atoms. The van der Waals surface area contributed by atoms with Crippen molar-refractivity contribution in [2.75, 3.05) is 13.1 Å². The Hall–Kier alpha value is -0.970. The lowest BCUT2D eigenvalue weighted by atomic mass is 10.0. The van der Waals surface area contributed by atoms with Gasteiger partial charge in [-0.2, -0.15) is 0 Å². The molecule has 3 rings (SSSR count). The zero-order chi connectivity index (χ0) is 14.1. The van der Waals surface area contributed by atoms with E-state index < -0.39 is 0 Å². The van der Waals surface area contributed by atoms with E-state index in [0.29, 0.717) is 12.6 Å². The van der Waals surface area contributed by atoms with Gasteiger partial charge >= 0.3 is 0 Å². The van der Waals surface area contributed by atoms with Crippen molar-refractivity contribution >= 4 is 33.0 Å². The van der Waals surface area contributed by atoms with E-state index in [4.69, 9.17) is 0 Å². The largest absolute Gasteiger partial charge is 0.293 e. The Morgan fingerprint density at radius 1 is 1.45 bits per heavy atom. The minimum atomic E-state index is 0.192. The lowest BCUT2D eigenvalue weighted by Gasteiger charge is -2.32. The first-order chi connectivity index (χ1) is 9.65. The first-order valence-corrected chi connectivity index (χ1v) is 8.41. The number of ketones is 1. The standard InChI is InChI=1S/C16H16BrNOS/c1-11-14-6-8-20-16(14)5-7-18(11)10-15(19)12-3-2-4-13(17)9-12/h2-4,6,8-9,11H,5,7,10H2,1H3. The van der Waals surface area contributed by atoms with Crippen LogP contribution in [0.4, 0.5) is 0 Å². The molecule has 1 unspecified atom stereocenters. The van der Waals surface area contributed by atoms with Gasteiger partial charge in [0.25, 0.3) is 0 Å². The second-order valence-electron chi connectivity index (χ2n) is 5.13. The molecule has 1 aliphatic rings. The van der Waals surface area contributed by atoms with Gasteiger partial charge in [0.1, 0.15) is 0 Å². The van der Waals surface area contributed by atoms with Gasteiger partial charge in [-0.3, -0.25) is 9.69 Å². The summed E-state index contributed by atoms with van der Waals surface area (Å²) in [7, 11) is 0. The van der Waals surface area contributed by atoms with Crippen LogP contribution in [0.3, 0.4) is 0 Å². The monoisotopic (exact) mass is 349 g/mol. The summed E-state index contributed by atoms with van der Waals surface area (Å²) in [4.78, 5) is 16.2. The minimum Gasteiger partial charge on any atom is -0.293 e. The van der Waals surface area contributed by atoms with Gasteiger partial charge < -0.3 is 0 Å². The third-order valence-electron chi connectivity index (χ3n) is 3.90. The Bertz CT molecular complexity index is 637. The van der Waals surface area contributed by atoms with Crippen molar-refractivity contribution in [1.29, 1.82) is 0 Å². The molecule has 1 atom stereocenters. The van der Waals surface area contributed by atoms with Crippen molar-refractivity contribution in [2.24, 2.45) is 0 Å². The average molecular weight is 350 g/mol. The second-order valence-corrected chi connectivity index (χ2v) is 7.05. The summed E-state index contributed by atoms with van der Waals surface area (Å²) in [6.45, 7) is 3.65. The molecule has 0 saturated carbocycles. The summed E-state index contributed by atoms with van der Waals surface area (Å²) in [5.41, 5.74) is 2.17. The molecular formula is C16H16BrNOS. The normalized spacial score (nSPS) is 18.8. The molecule has 1 aromatic carbocycles. The summed E-state index contributed by atoms with van der Waals surface area (Å²) in [5, 5.41) is 2.15. The molecule has 0 fully saturated rings. The fraction of sp³-hybridized carbons (Fsp3) is 0.312. The van der Waals surface area contributed by atoms with Gasteiger partial charge in [-0.1, -0.05) is 28.1 Å². The zero-order valence-corrected chi connectivity index (χ0v) is 13.7. The summed E-state index contributed by atoms with van der Waals surface area (Å²) in [5.74, 6) is 0.192. The van der Waals surface area contributed by atoms with Crippen LogP contribution in [0.1, 0.15) is 33.8 Å². The van der Waals surface area contributed by atoms with Crippen LogP contribution in [0.15, 0.2) is 40.2 Å². The highest BCUT2D eigenvalue weighted by Gasteiger charge is 2.26. The maximum atomic E-state index is 12.4. The SMILES string of the molecule is CC1c2ccsc2CCN1CC(=O)c1cccc(Br)c1. The molecule has 4 heteroatoms. The lowest BCUT2D eigenvalue weighted by Crippen LogP contribution is -2.37. The molecule has 2 nitrogen and oxygen atoms in total. The Labute approximate surface area is 131 Å². The number of nitrogens with zero attached hydrogens (tertiary/aromatic N) is 1. The fourth-order valence-electron chi connectivity index (χ4n) is 2.72. The van der Waals surface area contributed by atoms with Crippen LogP contribution in [-0.2, 0) is 6.42 Å². The van der Waals surface area contributed by atoms with Crippen molar-refractivity contribution in [3.8, 4) is 0 Å². The number of carbonyl (C=O) groups is 1. The average Bonchev–Trinajstić information content (AvgIpc) is 2.91. The van der Waals surface area contributed by atoms with Crippen LogP contribution in [0.5, 0.6) is 0 Å². The molecule has 0 saturated heterocycles. The predicted octanol–water partition coefficient (Wildman–Crippen LogP) is 4.31. The van der Waals surface area contributed by atoms with E-state index in [2.05, 4.69) is 39.2 Å². The first-order valence-electron chi connectivity index (χ1n) is 6.74. The van der Waals surface area contributed by atoms with Crippen molar-refractivity contribution < 1.29 is 4.79 Å². The van der Waals surface area contributed by atoms with Gasteiger partial charge in [-0.05, 0) is 42.5 Å². The summed E-state index contributed by atoms with van der Waals surface area (Å²) in [6.07, 6.45) is 1.06. The van der Waals surface area contributed by atoms with Gasteiger partial charge in [-0.15, -0.1) is 11.3 Å². The van der Waals surface area contributed by atoms with Crippen molar-refractivity contribution in [2.45, 2.75) is 19.4 Å². The van der Waals surface area contributed by atoms with Crippen LogP contribution in [0.25, 0.3) is 0 Å². The van der Waals surface area contributed by atoms with Gasteiger partial charge in [-0.25, -0.2) is 0 Å². The van der Waals surface area contributed by atoms with Crippen molar-refractivity contribution in [1.82, 2.24) is 4.90 Å². The topological polar surface area (TPSA) is 20.3 Å². The number of thiophene rings is 1. The maximum Gasteiger partial charge on any atom is 0.176 e. The van der Waals surface area contributed by atoms with E-state index in [9.17, 15) is 4.79 Å². The van der Waals surface area contributed by atoms with E-state index in [0.717, 1.165) is 23.0 Å². The van der Waals surface area contributed by atoms with Crippen LogP contribution in [0.2, 0.25) is 0 Å². The molecule has 1 aromatic heterocycles. The summed E-state index contributed by atoms with van der Waals surface area (Å²) < 4.78 is 0.954. The first kappa shape index (κ1) is 14.0. The number of benzene rings is 1. The summed E-state index contributed by atoms with van der Waals surface area (Å²) >= 11 is 5.25. The Balaban J connectivity index is 1.74. The zero-order valence-electron chi connectivity index (χ0n) is 11.3. The molecule has 2 aromatic rings. The Kier molecular flexibility index (Phi) is 4.06. The van der Waals surface area contributed by atoms with E-state index in [1.165, 1.54) is 10.4 Å². The van der Waals surface area contributed by atoms with E-state index in [1.807, 2.05) is 35.6 Å². The van der Waals surface area contributed by atoms with Crippen molar-refractivity contribution in [3.63, 3.8) is 0 Å². The molecular weight excluding hydrogens is 334 g/mol. The van der Waals surface area contributed by atoms with Gasteiger partial charge in [0.05, 0.1) is 6.54 Å². The molecule has 0 N–H and O–H groups in total. The van der Waals surface area contributed by atoms with Crippen LogP contribution in [0, 0.1) is 0 Å². The van der Waals surface area contributed by atoms with E-state index in [-0.39, 0.29) is 5.78 Å².